The molecule has 6 nitrogen and oxygen atoms in total. The first-order chi connectivity index (χ1) is 10.7. The molecule has 3 rings (SSSR count). The fourth-order valence-electron chi connectivity index (χ4n) is 3.17. The molecule has 0 saturated carbocycles. The van der Waals surface area contributed by atoms with E-state index in [0.29, 0.717) is 38.3 Å². The van der Waals surface area contributed by atoms with Gasteiger partial charge in [0.25, 0.3) is 0 Å². The van der Waals surface area contributed by atoms with E-state index in [1.54, 1.807) is 12.4 Å². The Morgan fingerprint density at radius 3 is 2.82 bits per heavy atom. The van der Waals surface area contributed by atoms with Gasteiger partial charge in [-0.15, -0.1) is 0 Å². The molecular weight excluding hydrogens is 284 g/mol. The van der Waals surface area contributed by atoms with E-state index in [0.717, 1.165) is 24.0 Å². The molecule has 0 aliphatic carbocycles. The molecule has 3 heterocycles. The first-order valence-electron chi connectivity index (χ1n) is 7.61. The van der Waals surface area contributed by atoms with Crippen molar-refractivity contribution in [3.63, 3.8) is 0 Å². The van der Waals surface area contributed by atoms with Crippen LogP contribution >= 0.6 is 0 Å². The lowest BCUT2D eigenvalue weighted by molar-refractivity contribution is -0.139. The molecule has 1 aromatic heterocycles. The molecule has 0 unspecified atom stereocenters. The summed E-state index contributed by atoms with van der Waals surface area (Å²) in [6.07, 6.45) is 5.54. The highest BCUT2D eigenvalue weighted by Gasteiger charge is 2.30. The number of fused-ring (bicyclic) bond motifs is 1. The molecule has 0 N–H and O–H groups in total. The van der Waals surface area contributed by atoms with Gasteiger partial charge >= 0.3 is 5.97 Å². The highest BCUT2D eigenvalue weighted by atomic mass is 16.5. The van der Waals surface area contributed by atoms with Gasteiger partial charge in [0.1, 0.15) is 0 Å². The van der Waals surface area contributed by atoms with E-state index in [4.69, 9.17) is 9.47 Å². The number of carbonyl (C=O) groups is 2. The quantitative estimate of drug-likeness (QED) is 0.767. The van der Waals surface area contributed by atoms with Gasteiger partial charge in [0, 0.05) is 44.6 Å². The van der Waals surface area contributed by atoms with Crippen LogP contribution in [0.1, 0.15) is 34.3 Å². The smallest absolute Gasteiger partial charge is 0.339 e. The van der Waals surface area contributed by atoms with Crippen LogP contribution in [0.4, 0.5) is 0 Å². The van der Waals surface area contributed by atoms with Gasteiger partial charge in [-0.1, -0.05) is 0 Å². The number of hydrogen-bond acceptors (Lipinski definition) is 5. The van der Waals surface area contributed by atoms with Gasteiger partial charge in [-0.05, 0) is 30.4 Å². The topological polar surface area (TPSA) is 68.7 Å². The minimum atomic E-state index is -0.367. The summed E-state index contributed by atoms with van der Waals surface area (Å²) < 4.78 is 10.1. The number of amides is 1. The van der Waals surface area contributed by atoms with E-state index in [9.17, 15) is 9.59 Å². The molecule has 1 aromatic rings. The zero-order valence-corrected chi connectivity index (χ0v) is 12.7. The summed E-state index contributed by atoms with van der Waals surface area (Å²) in [6.45, 7) is 2.48. The van der Waals surface area contributed by atoms with Crippen LogP contribution in [0.5, 0.6) is 0 Å². The van der Waals surface area contributed by atoms with E-state index < -0.39 is 0 Å². The number of ether oxygens (including phenoxy) is 2. The van der Waals surface area contributed by atoms with Crippen LogP contribution in [-0.4, -0.2) is 48.6 Å². The van der Waals surface area contributed by atoms with Crippen LogP contribution < -0.4 is 0 Å². The number of methoxy groups -OCH3 is 1. The second-order valence-electron chi connectivity index (χ2n) is 5.71. The van der Waals surface area contributed by atoms with Crippen molar-refractivity contribution in [1.29, 1.82) is 0 Å². The second-order valence-corrected chi connectivity index (χ2v) is 5.71. The average Bonchev–Trinajstić information content (AvgIpc) is 2.60. The number of hydrogen-bond donors (Lipinski definition) is 0. The Kier molecular flexibility index (Phi) is 4.38. The highest BCUT2D eigenvalue weighted by Crippen LogP contribution is 2.25. The lowest BCUT2D eigenvalue weighted by Crippen LogP contribution is -2.41. The molecule has 2 aliphatic rings. The number of carbonyl (C=O) groups excluding carboxylic acids is 2. The van der Waals surface area contributed by atoms with Gasteiger partial charge in [0.2, 0.25) is 5.91 Å². The largest absolute Gasteiger partial charge is 0.465 e. The summed E-state index contributed by atoms with van der Waals surface area (Å²) in [5.74, 6) is -0.113. The molecule has 0 bridgehead atoms. The summed E-state index contributed by atoms with van der Waals surface area (Å²) >= 11 is 0. The predicted octanol–water partition coefficient (Wildman–Crippen LogP) is 1.18. The van der Waals surface area contributed by atoms with E-state index in [2.05, 4.69) is 4.98 Å². The summed E-state index contributed by atoms with van der Waals surface area (Å²) in [7, 11) is 1.37. The van der Waals surface area contributed by atoms with Crippen LogP contribution in [0.25, 0.3) is 0 Å². The van der Waals surface area contributed by atoms with Gasteiger partial charge in [0.15, 0.2) is 0 Å². The Hall–Kier alpha value is -1.95. The number of esters is 1. The maximum Gasteiger partial charge on any atom is 0.339 e. The summed E-state index contributed by atoms with van der Waals surface area (Å²) in [6, 6.07) is 0. The lowest BCUT2D eigenvalue weighted by Gasteiger charge is -2.33. The highest BCUT2D eigenvalue weighted by molar-refractivity contribution is 5.91. The van der Waals surface area contributed by atoms with Gasteiger partial charge in [-0.3, -0.25) is 9.78 Å². The fourth-order valence-corrected chi connectivity index (χ4v) is 3.17. The summed E-state index contributed by atoms with van der Waals surface area (Å²) in [5, 5.41) is 0. The van der Waals surface area contributed by atoms with E-state index in [1.165, 1.54) is 7.11 Å². The van der Waals surface area contributed by atoms with Crippen LogP contribution in [0.3, 0.4) is 0 Å². The summed E-state index contributed by atoms with van der Waals surface area (Å²) in [4.78, 5) is 30.4. The van der Waals surface area contributed by atoms with Crippen molar-refractivity contribution in [3.05, 3.63) is 29.1 Å². The number of nitrogens with zero attached hydrogens (tertiary/aromatic N) is 2. The molecular formula is C16H20N2O4. The normalized spacial score (nSPS) is 18.7. The molecule has 1 fully saturated rings. The Morgan fingerprint density at radius 2 is 2.09 bits per heavy atom. The molecule has 0 spiro atoms. The molecule has 0 radical (unpaired) electrons. The third-order valence-electron chi connectivity index (χ3n) is 4.43. The molecule has 1 amide bonds. The van der Waals surface area contributed by atoms with Crippen molar-refractivity contribution < 1.29 is 19.1 Å². The molecule has 118 valence electrons. The Labute approximate surface area is 129 Å². The van der Waals surface area contributed by atoms with Crippen molar-refractivity contribution in [2.75, 3.05) is 26.9 Å². The lowest BCUT2D eigenvalue weighted by atomic mass is 9.94. The van der Waals surface area contributed by atoms with Crippen molar-refractivity contribution in [2.45, 2.75) is 25.8 Å². The molecule has 1 saturated heterocycles. The number of pyridine rings is 1. The van der Waals surface area contributed by atoms with Crippen LogP contribution in [-0.2, 0) is 27.2 Å². The molecule has 0 aromatic carbocycles. The van der Waals surface area contributed by atoms with Crippen molar-refractivity contribution in [2.24, 2.45) is 5.92 Å². The van der Waals surface area contributed by atoms with Gasteiger partial charge in [-0.25, -0.2) is 4.79 Å². The van der Waals surface area contributed by atoms with Gasteiger partial charge in [-0.2, -0.15) is 0 Å². The van der Waals surface area contributed by atoms with Crippen molar-refractivity contribution >= 4 is 11.9 Å². The van der Waals surface area contributed by atoms with E-state index >= 15 is 0 Å². The van der Waals surface area contributed by atoms with Crippen LogP contribution in [0.2, 0.25) is 0 Å². The molecule has 0 atom stereocenters. The minimum Gasteiger partial charge on any atom is -0.465 e. The fraction of sp³-hybridized carbons (Fsp3) is 0.562. The first-order valence-corrected chi connectivity index (χ1v) is 7.61. The molecule has 2 aliphatic heterocycles. The zero-order chi connectivity index (χ0) is 15.5. The second kappa shape index (κ2) is 6.44. The third-order valence-corrected chi connectivity index (χ3v) is 4.43. The minimum absolute atomic E-state index is 0.0621. The Bertz CT molecular complexity index is 582. The van der Waals surface area contributed by atoms with Crippen molar-refractivity contribution in [1.82, 2.24) is 9.88 Å². The molecule has 6 heteroatoms. The molecule has 22 heavy (non-hydrogen) atoms. The Balaban J connectivity index is 1.76. The first kappa shape index (κ1) is 15.0. The predicted molar refractivity (Wildman–Crippen MR) is 78.2 cm³/mol. The van der Waals surface area contributed by atoms with Crippen molar-refractivity contribution in [3.8, 4) is 0 Å². The van der Waals surface area contributed by atoms with Crippen LogP contribution in [0, 0.1) is 5.92 Å². The maximum atomic E-state index is 12.6. The van der Waals surface area contributed by atoms with E-state index in [-0.39, 0.29) is 17.8 Å². The number of rotatable bonds is 2. The maximum absolute atomic E-state index is 12.6. The van der Waals surface area contributed by atoms with Gasteiger partial charge < -0.3 is 14.4 Å². The number of aromatic nitrogens is 1. The van der Waals surface area contributed by atoms with Gasteiger partial charge in [0.05, 0.1) is 12.7 Å². The average molecular weight is 304 g/mol. The summed E-state index contributed by atoms with van der Waals surface area (Å²) in [5.41, 5.74) is 2.41. The third kappa shape index (κ3) is 2.83. The monoisotopic (exact) mass is 304 g/mol. The SMILES string of the molecule is COC(=O)c1cncc2c1CCN(C(=O)C1CCOCC1)C2. The Morgan fingerprint density at radius 1 is 1.32 bits per heavy atom. The standard InChI is InChI=1S/C16H20N2O4/c1-21-16(20)14-9-17-8-12-10-18(5-2-13(12)14)15(19)11-3-6-22-7-4-11/h8-9,11H,2-7,10H2,1H3. The van der Waals surface area contributed by atoms with Crippen LogP contribution in [0.15, 0.2) is 12.4 Å². The zero-order valence-electron chi connectivity index (χ0n) is 12.7. The van der Waals surface area contributed by atoms with E-state index in [1.807, 2.05) is 4.90 Å².